The second kappa shape index (κ2) is 3.55. The number of aromatic nitrogens is 4. The number of fused-ring (bicyclic) bond motifs is 1. The SMILES string of the molecule is O=c1[nH]cnc2n[nH]c(C#CCS)c12. The molecule has 14 heavy (non-hydrogen) atoms. The van der Waals surface area contributed by atoms with Gasteiger partial charge in [0.2, 0.25) is 0 Å². The van der Waals surface area contributed by atoms with Crippen molar-refractivity contribution in [2.45, 2.75) is 0 Å². The van der Waals surface area contributed by atoms with Gasteiger partial charge in [0.15, 0.2) is 5.65 Å². The highest BCUT2D eigenvalue weighted by atomic mass is 32.1. The van der Waals surface area contributed by atoms with Crippen LogP contribution in [0.15, 0.2) is 11.1 Å². The van der Waals surface area contributed by atoms with Crippen LogP contribution in [-0.2, 0) is 0 Å². The van der Waals surface area contributed by atoms with Crippen LogP contribution >= 0.6 is 12.6 Å². The molecule has 2 aromatic rings. The average molecular weight is 206 g/mol. The maximum atomic E-state index is 11.4. The summed E-state index contributed by atoms with van der Waals surface area (Å²) in [4.78, 5) is 17.7. The van der Waals surface area contributed by atoms with Crippen molar-refractivity contribution in [2.75, 3.05) is 5.75 Å². The Labute approximate surface area is 84.4 Å². The lowest BCUT2D eigenvalue weighted by atomic mass is 10.3. The van der Waals surface area contributed by atoms with Gasteiger partial charge in [-0.25, -0.2) is 4.98 Å². The number of aromatic amines is 2. The largest absolute Gasteiger partial charge is 0.312 e. The first-order valence-corrected chi connectivity index (χ1v) is 4.47. The molecule has 2 heterocycles. The van der Waals surface area contributed by atoms with Crippen molar-refractivity contribution in [3.8, 4) is 11.8 Å². The summed E-state index contributed by atoms with van der Waals surface area (Å²) >= 11 is 3.94. The zero-order valence-electron chi connectivity index (χ0n) is 7.03. The quantitative estimate of drug-likeness (QED) is 0.417. The molecule has 0 aliphatic heterocycles. The van der Waals surface area contributed by atoms with Gasteiger partial charge in [0.25, 0.3) is 5.56 Å². The Bertz CT molecular complexity index is 574. The topological polar surface area (TPSA) is 74.4 Å². The fourth-order valence-electron chi connectivity index (χ4n) is 1.08. The number of thiol groups is 1. The van der Waals surface area contributed by atoms with E-state index in [0.29, 0.717) is 22.5 Å². The molecule has 70 valence electrons. The van der Waals surface area contributed by atoms with Crippen molar-refractivity contribution in [2.24, 2.45) is 0 Å². The minimum absolute atomic E-state index is 0.243. The van der Waals surface area contributed by atoms with Crippen LogP contribution in [0.3, 0.4) is 0 Å². The molecule has 0 atom stereocenters. The second-order valence-electron chi connectivity index (χ2n) is 2.49. The van der Waals surface area contributed by atoms with Gasteiger partial charge in [0.05, 0.1) is 12.1 Å². The fraction of sp³-hybridized carbons (Fsp3) is 0.125. The lowest BCUT2D eigenvalue weighted by Crippen LogP contribution is -2.05. The summed E-state index contributed by atoms with van der Waals surface area (Å²) in [6.45, 7) is 0. The van der Waals surface area contributed by atoms with E-state index in [2.05, 4.69) is 44.6 Å². The highest BCUT2D eigenvalue weighted by molar-refractivity contribution is 7.80. The standard InChI is InChI=1S/C8H6N4OS/c13-8-6-5(2-1-3-14)11-12-7(6)9-4-10-8/h4,14H,3H2,(H2,9,10,11,12,13). The summed E-state index contributed by atoms with van der Waals surface area (Å²) in [5, 5.41) is 6.89. The van der Waals surface area contributed by atoms with Gasteiger partial charge in [-0.2, -0.15) is 17.7 Å². The van der Waals surface area contributed by atoms with Crippen LogP contribution in [0.5, 0.6) is 0 Å². The van der Waals surface area contributed by atoms with Gasteiger partial charge in [-0.15, -0.1) is 0 Å². The van der Waals surface area contributed by atoms with E-state index in [1.807, 2.05) is 0 Å². The highest BCUT2D eigenvalue weighted by Crippen LogP contribution is 2.05. The first-order chi connectivity index (χ1) is 6.83. The van der Waals surface area contributed by atoms with E-state index in [1.165, 1.54) is 6.33 Å². The monoisotopic (exact) mass is 206 g/mol. The van der Waals surface area contributed by atoms with Crippen LogP contribution in [0.2, 0.25) is 0 Å². The van der Waals surface area contributed by atoms with Gasteiger partial charge < -0.3 is 4.98 Å². The summed E-state index contributed by atoms with van der Waals surface area (Å²) in [6, 6.07) is 0. The van der Waals surface area contributed by atoms with E-state index in [1.54, 1.807) is 0 Å². The molecule has 0 bridgehead atoms. The third-order valence-corrected chi connectivity index (χ3v) is 1.81. The molecule has 2 rings (SSSR count). The second-order valence-corrected chi connectivity index (χ2v) is 2.80. The van der Waals surface area contributed by atoms with Gasteiger partial charge in [0, 0.05) is 0 Å². The highest BCUT2D eigenvalue weighted by Gasteiger charge is 2.06. The first-order valence-electron chi connectivity index (χ1n) is 3.84. The number of hydrogen-bond donors (Lipinski definition) is 3. The summed E-state index contributed by atoms with van der Waals surface area (Å²) in [7, 11) is 0. The smallest absolute Gasteiger partial charge is 0.263 e. The molecule has 0 unspecified atom stereocenters. The molecule has 0 spiro atoms. The molecule has 2 N–H and O–H groups in total. The van der Waals surface area contributed by atoms with Crippen molar-refractivity contribution in [3.05, 3.63) is 22.4 Å². The molecular weight excluding hydrogens is 200 g/mol. The summed E-state index contributed by atoms with van der Waals surface area (Å²) in [5.74, 6) is 5.92. The predicted molar refractivity (Wildman–Crippen MR) is 55.2 cm³/mol. The van der Waals surface area contributed by atoms with Crippen LogP contribution in [0.4, 0.5) is 0 Å². The van der Waals surface area contributed by atoms with Crippen molar-refractivity contribution in [1.82, 2.24) is 20.2 Å². The zero-order valence-corrected chi connectivity index (χ0v) is 7.93. The third kappa shape index (κ3) is 1.38. The number of hydrogen-bond acceptors (Lipinski definition) is 4. The summed E-state index contributed by atoms with van der Waals surface area (Å²) in [5.41, 5.74) is 0.604. The molecule has 6 heteroatoms. The Morgan fingerprint density at radius 2 is 2.43 bits per heavy atom. The average Bonchev–Trinajstić information content (AvgIpc) is 2.59. The van der Waals surface area contributed by atoms with Crippen LogP contribution in [0.1, 0.15) is 5.69 Å². The number of H-pyrrole nitrogens is 2. The molecular formula is C8H6N4OS. The Balaban J connectivity index is 2.73. The fourth-order valence-corrected chi connectivity index (χ4v) is 1.16. The zero-order chi connectivity index (χ0) is 9.97. The molecule has 0 amide bonds. The lowest BCUT2D eigenvalue weighted by molar-refractivity contribution is 1.07. The molecule has 0 saturated heterocycles. The van der Waals surface area contributed by atoms with Crippen molar-refractivity contribution in [3.63, 3.8) is 0 Å². The van der Waals surface area contributed by atoms with E-state index in [4.69, 9.17) is 0 Å². The van der Waals surface area contributed by atoms with Crippen LogP contribution in [-0.4, -0.2) is 25.9 Å². The van der Waals surface area contributed by atoms with E-state index < -0.39 is 0 Å². The number of rotatable bonds is 0. The first kappa shape index (κ1) is 8.84. The maximum absolute atomic E-state index is 11.4. The Kier molecular flexibility index (Phi) is 2.24. The van der Waals surface area contributed by atoms with E-state index in [9.17, 15) is 4.79 Å². The molecule has 0 saturated carbocycles. The van der Waals surface area contributed by atoms with Gasteiger partial charge in [-0.1, -0.05) is 5.92 Å². The summed E-state index contributed by atoms with van der Waals surface area (Å²) in [6.07, 6.45) is 1.31. The van der Waals surface area contributed by atoms with E-state index >= 15 is 0 Å². The predicted octanol–water partition coefficient (Wildman–Crippen LogP) is -0.0725. The van der Waals surface area contributed by atoms with Crippen molar-refractivity contribution < 1.29 is 0 Å². The summed E-state index contributed by atoms with van der Waals surface area (Å²) < 4.78 is 0. The molecule has 0 aliphatic rings. The third-order valence-electron chi connectivity index (χ3n) is 1.65. The Hall–Kier alpha value is -1.74. The minimum atomic E-state index is -0.243. The minimum Gasteiger partial charge on any atom is -0.312 e. The molecule has 2 aromatic heterocycles. The maximum Gasteiger partial charge on any atom is 0.263 e. The van der Waals surface area contributed by atoms with Gasteiger partial charge in [0.1, 0.15) is 11.1 Å². The lowest BCUT2D eigenvalue weighted by Gasteiger charge is -1.84. The van der Waals surface area contributed by atoms with Crippen molar-refractivity contribution in [1.29, 1.82) is 0 Å². The van der Waals surface area contributed by atoms with Gasteiger partial charge in [-0.05, 0) is 5.92 Å². The molecule has 0 fully saturated rings. The Morgan fingerprint density at radius 1 is 1.57 bits per heavy atom. The molecule has 0 aromatic carbocycles. The Morgan fingerprint density at radius 3 is 3.21 bits per heavy atom. The van der Waals surface area contributed by atoms with E-state index in [0.717, 1.165) is 0 Å². The van der Waals surface area contributed by atoms with Crippen LogP contribution < -0.4 is 5.56 Å². The van der Waals surface area contributed by atoms with Crippen LogP contribution in [0.25, 0.3) is 11.0 Å². The molecule has 0 aliphatic carbocycles. The normalized spacial score (nSPS) is 9.79. The number of nitrogens with zero attached hydrogens (tertiary/aromatic N) is 2. The van der Waals surface area contributed by atoms with E-state index in [-0.39, 0.29) is 5.56 Å². The van der Waals surface area contributed by atoms with Gasteiger partial charge in [-0.3, -0.25) is 9.89 Å². The number of nitrogens with one attached hydrogen (secondary N) is 2. The van der Waals surface area contributed by atoms with Crippen molar-refractivity contribution >= 4 is 23.7 Å². The van der Waals surface area contributed by atoms with Crippen LogP contribution in [0, 0.1) is 11.8 Å². The molecule has 5 nitrogen and oxygen atoms in total. The molecule has 0 radical (unpaired) electrons. The van der Waals surface area contributed by atoms with Gasteiger partial charge >= 0.3 is 0 Å².